The van der Waals surface area contributed by atoms with E-state index in [1.165, 1.54) is 11.1 Å². The molecule has 0 radical (unpaired) electrons. The van der Waals surface area contributed by atoms with Crippen LogP contribution in [-0.2, 0) is 0 Å². The highest BCUT2D eigenvalue weighted by molar-refractivity contribution is 6.31. The van der Waals surface area contributed by atoms with Crippen molar-refractivity contribution in [2.45, 2.75) is 20.3 Å². The minimum atomic E-state index is 0.718. The lowest BCUT2D eigenvalue weighted by molar-refractivity contribution is 0.331. The van der Waals surface area contributed by atoms with E-state index in [0.29, 0.717) is 0 Å². The van der Waals surface area contributed by atoms with Gasteiger partial charge in [-0.05, 0) is 54.9 Å². The van der Waals surface area contributed by atoms with Crippen LogP contribution in [0.4, 0.5) is 5.69 Å². The summed E-state index contributed by atoms with van der Waals surface area (Å²) in [5, 5.41) is 5.40. The summed E-state index contributed by atoms with van der Waals surface area (Å²) in [5.74, 6) is 0. The molecule has 3 rings (SSSR count). The van der Waals surface area contributed by atoms with Gasteiger partial charge < -0.3 is 5.32 Å². The van der Waals surface area contributed by atoms with Crippen LogP contribution < -0.4 is 5.32 Å². The van der Waals surface area contributed by atoms with Gasteiger partial charge in [-0.15, -0.1) is 0 Å². The van der Waals surface area contributed by atoms with Crippen molar-refractivity contribution in [3.8, 4) is 0 Å². The molecule has 1 heterocycles. The summed E-state index contributed by atoms with van der Waals surface area (Å²) < 4.78 is 0. The number of nitrogens with one attached hydrogen (secondary N) is 1. The van der Waals surface area contributed by atoms with E-state index in [4.69, 9.17) is 11.6 Å². The molecule has 1 aliphatic carbocycles. The molecule has 0 aliphatic heterocycles. The topological polar surface area (TPSA) is 28.2 Å². The standard InChI is InChI=1S/C20H24ClN3/c1-3-24(4-2)14-16-7-5-6-15(16)13-23-19-10-11-22-20-12-17(21)8-9-18(19)20/h6-12H,3-5,13-14H2,1-2H3,(H,22,23). The number of benzene rings is 1. The van der Waals surface area contributed by atoms with Crippen molar-refractivity contribution in [1.82, 2.24) is 9.88 Å². The Morgan fingerprint density at radius 1 is 1.12 bits per heavy atom. The number of nitrogens with zero attached hydrogens (tertiary/aromatic N) is 2. The zero-order valence-corrected chi connectivity index (χ0v) is 15.1. The van der Waals surface area contributed by atoms with E-state index in [1.807, 2.05) is 30.5 Å². The zero-order chi connectivity index (χ0) is 16.9. The van der Waals surface area contributed by atoms with Gasteiger partial charge in [0.15, 0.2) is 0 Å². The molecule has 3 nitrogen and oxygen atoms in total. The fourth-order valence-corrected chi connectivity index (χ4v) is 3.28. The second-order valence-corrected chi connectivity index (χ2v) is 6.47. The van der Waals surface area contributed by atoms with Gasteiger partial charge in [0.1, 0.15) is 0 Å². The van der Waals surface area contributed by atoms with Crippen LogP contribution in [0.5, 0.6) is 0 Å². The highest BCUT2D eigenvalue weighted by Crippen LogP contribution is 2.26. The van der Waals surface area contributed by atoms with Gasteiger partial charge in [0.05, 0.1) is 5.52 Å². The Morgan fingerprint density at radius 3 is 2.71 bits per heavy atom. The molecule has 0 bridgehead atoms. The second-order valence-electron chi connectivity index (χ2n) is 6.03. The maximum Gasteiger partial charge on any atom is 0.0737 e. The van der Waals surface area contributed by atoms with Gasteiger partial charge in [-0.2, -0.15) is 0 Å². The average molecular weight is 342 g/mol. The minimum absolute atomic E-state index is 0.718. The Hall–Kier alpha value is -1.84. The first kappa shape index (κ1) is 17.0. The van der Waals surface area contributed by atoms with Gasteiger partial charge in [0.2, 0.25) is 0 Å². The molecule has 1 aromatic carbocycles. The lowest BCUT2D eigenvalue weighted by Crippen LogP contribution is -2.26. The molecular weight excluding hydrogens is 318 g/mol. The third-order valence-electron chi connectivity index (χ3n) is 4.60. The number of halogens is 1. The van der Waals surface area contributed by atoms with Crippen LogP contribution in [-0.4, -0.2) is 36.1 Å². The lowest BCUT2D eigenvalue weighted by atomic mass is 10.1. The predicted octanol–water partition coefficient (Wildman–Crippen LogP) is 4.90. The molecule has 1 aliphatic rings. The van der Waals surface area contributed by atoms with Gasteiger partial charge >= 0.3 is 0 Å². The van der Waals surface area contributed by atoms with E-state index < -0.39 is 0 Å². The van der Waals surface area contributed by atoms with Gasteiger partial charge in [-0.1, -0.05) is 37.6 Å². The summed E-state index contributed by atoms with van der Waals surface area (Å²) in [6.45, 7) is 8.49. The number of pyridine rings is 1. The van der Waals surface area contributed by atoms with E-state index in [1.54, 1.807) is 0 Å². The molecule has 24 heavy (non-hydrogen) atoms. The highest BCUT2D eigenvalue weighted by atomic mass is 35.5. The largest absolute Gasteiger partial charge is 0.380 e. The van der Waals surface area contributed by atoms with E-state index in [-0.39, 0.29) is 0 Å². The normalized spacial score (nSPS) is 14.2. The first-order chi connectivity index (χ1) is 11.7. The van der Waals surface area contributed by atoms with Crippen LogP contribution in [0, 0.1) is 0 Å². The Morgan fingerprint density at radius 2 is 1.92 bits per heavy atom. The Balaban J connectivity index is 1.71. The highest BCUT2D eigenvalue weighted by Gasteiger charge is 2.13. The number of hydrogen-bond donors (Lipinski definition) is 1. The van der Waals surface area contributed by atoms with Gasteiger partial charge in [0, 0.05) is 35.4 Å². The SMILES string of the molecule is CCN(CC)CC1=CCC=C1CNc1ccnc2cc(Cl)ccc12. The van der Waals surface area contributed by atoms with Crippen molar-refractivity contribution in [1.29, 1.82) is 0 Å². The second kappa shape index (κ2) is 7.82. The van der Waals surface area contributed by atoms with E-state index in [9.17, 15) is 0 Å². The summed E-state index contributed by atoms with van der Waals surface area (Å²) in [6, 6.07) is 7.88. The van der Waals surface area contributed by atoms with Gasteiger partial charge in [-0.3, -0.25) is 9.88 Å². The summed E-state index contributed by atoms with van der Waals surface area (Å²) >= 11 is 6.07. The molecule has 0 saturated heterocycles. The quantitative estimate of drug-likeness (QED) is 0.776. The molecule has 2 aromatic rings. The maximum atomic E-state index is 6.07. The third-order valence-corrected chi connectivity index (χ3v) is 4.84. The van der Waals surface area contributed by atoms with E-state index >= 15 is 0 Å². The molecule has 126 valence electrons. The van der Waals surface area contributed by atoms with Crippen LogP contribution in [0.25, 0.3) is 10.9 Å². The number of fused-ring (bicyclic) bond motifs is 1. The van der Waals surface area contributed by atoms with Crippen molar-refractivity contribution in [2.24, 2.45) is 0 Å². The monoisotopic (exact) mass is 341 g/mol. The summed E-state index contributed by atoms with van der Waals surface area (Å²) in [4.78, 5) is 6.86. The molecule has 0 fully saturated rings. The van der Waals surface area contributed by atoms with E-state index in [2.05, 4.69) is 41.2 Å². The first-order valence-electron chi connectivity index (χ1n) is 8.60. The Labute approximate surface area is 149 Å². The summed E-state index contributed by atoms with van der Waals surface area (Å²) in [6.07, 6.45) is 7.54. The lowest BCUT2D eigenvalue weighted by Gasteiger charge is -2.21. The van der Waals surface area contributed by atoms with Crippen molar-refractivity contribution in [3.63, 3.8) is 0 Å². The van der Waals surface area contributed by atoms with Crippen molar-refractivity contribution < 1.29 is 0 Å². The fourth-order valence-electron chi connectivity index (χ4n) is 3.11. The smallest absolute Gasteiger partial charge is 0.0737 e. The molecule has 0 unspecified atom stereocenters. The summed E-state index contributed by atoms with van der Waals surface area (Å²) in [5.41, 5.74) is 4.88. The van der Waals surface area contributed by atoms with Crippen LogP contribution in [0.1, 0.15) is 20.3 Å². The summed E-state index contributed by atoms with van der Waals surface area (Å²) in [7, 11) is 0. The maximum absolute atomic E-state index is 6.07. The molecular formula is C20H24ClN3. The van der Waals surface area contributed by atoms with Crippen molar-refractivity contribution in [3.05, 3.63) is 58.8 Å². The van der Waals surface area contributed by atoms with Crippen molar-refractivity contribution >= 4 is 28.2 Å². The van der Waals surface area contributed by atoms with Crippen LogP contribution in [0.15, 0.2) is 53.8 Å². The Kier molecular flexibility index (Phi) is 5.54. The number of aromatic nitrogens is 1. The zero-order valence-electron chi connectivity index (χ0n) is 14.3. The minimum Gasteiger partial charge on any atom is -0.380 e. The molecule has 0 atom stereocenters. The van der Waals surface area contributed by atoms with E-state index in [0.717, 1.165) is 54.2 Å². The number of allylic oxidation sites excluding steroid dienone is 2. The van der Waals surface area contributed by atoms with Crippen LogP contribution >= 0.6 is 11.6 Å². The number of likely N-dealkylation sites (N-methyl/N-ethyl adjacent to an activating group) is 1. The number of hydrogen-bond acceptors (Lipinski definition) is 3. The van der Waals surface area contributed by atoms with Crippen LogP contribution in [0.2, 0.25) is 5.02 Å². The number of rotatable bonds is 7. The molecule has 0 saturated carbocycles. The van der Waals surface area contributed by atoms with Gasteiger partial charge in [0.25, 0.3) is 0 Å². The van der Waals surface area contributed by atoms with Crippen molar-refractivity contribution in [2.75, 3.05) is 31.5 Å². The van der Waals surface area contributed by atoms with Gasteiger partial charge in [-0.25, -0.2) is 0 Å². The molecule has 0 amide bonds. The molecule has 1 N–H and O–H groups in total. The average Bonchev–Trinajstić information content (AvgIpc) is 3.04. The third kappa shape index (κ3) is 3.80. The first-order valence-corrected chi connectivity index (χ1v) is 8.98. The van der Waals surface area contributed by atoms with Crippen LogP contribution in [0.3, 0.4) is 0 Å². The number of anilines is 1. The molecule has 1 aromatic heterocycles. The molecule has 0 spiro atoms. The Bertz CT molecular complexity index is 776. The predicted molar refractivity (Wildman–Crippen MR) is 104 cm³/mol. The fraction of sp³-hybridized carbons (Fsp3) is 0.350. The molecule has 4 heteroatoms.